The first-order valence-electron chi connectivity index (χ1n) is 8.77. The fourth-order valence-electron chi connectivity index (χ4n) is 3.27. The zero-order chi connectivity index (χ0) is 19.0. The number of ether oxygens (including phenoxy) is 2. The van der Waals surface area contributed by atoms with Gasteiger partial charge in [-0.15, -0.1) is 0 Å². The summed E-state index contributed by atoms with van der Waals surface area (Å²) in [7, 11) is -3.23. The maximum absolute atomic E-state index is 12.5. The Labute approximate surface area is 157 Å². The number of nitrogens with zero attached hydrogens (tertiary/aromatic N) is 1. The van der Waals surface area contributed by atoms with Crippen LogP contribution in [-0.4, -0.2) is 37.7 Å². The van der Waals surface area contributed by atoms with Crippen molar-refractivity contribution < 1.29 is 22.7 Å². The second-order valence-corrected chi connectivity index (χ2v) is 8.75. The third-order valence-electron chi connectivity index (χ3n) is 4.83. The normalized spacial score (nSPS) is 16.0. The van der Waals surface area contributed by atoms with Crippen molar-refractivity contribution in [2.75, 3.05) is 24.4 Å². The molecule has 27 heavy (non-hydrogen) atoms. The summed E-state index contributed by atoms with van der Waals surface area (Å²) in [6.07, 6.45) is 0.672. The van der Waals surface area contributed by atoms with Crippen LogP contribution in [0.1, 0.15) is 28.4 Å². The highest BCUT2D eigenvalue weighted by Gasteiger charge is 2.25. The zero-order valence-corrected chi connectivity index (χ0v) is 15.7. The molecule has 0 atom stereocenters. The van der Waals surface area contributed by atoms with Crippen molar-refractivity contribution in [3.05, 3.63) is 53.1 Å². The minimum absolute atomic E-state index is 0.0862. The van der Waals surface area contributed by atoms with Gasteiger partial charge in [0, 0.05) is 24.3 Å². The maximum atomic E-state index is 12.5. The Balaban J connectivity index is 1.52. The van der Waals surface area contributed by atoms with Crippen molar-refractivity contribution in [3.63, 3.8) is 0 Å². The number of hydrogen-bond donors (Lipinski definition) is 1. The van der Waals surface area contributed by atoms with Gasteiger partial charge in [-0.1, -0.05) is 6.07 Å². The fraction of sp³-hybridized carbons (Fsp3) is 0.316. The quantitative estimate of drug-likeness (QED) is 0.869. The Morgan fingerprint density at radius 2 is 1.93 bits per heavy atom. The van der Waals surface area contributed by atoms with E-state index in [1.165, 1.54) is 4.31 Å². The SMILES string of the molecule is CCS(=O)(=O)N1CCc2ccc(NC(=O)c3ccc4c(c3)OCO4)cc2C1. The Morgan fingerprint density at radius 3 is 2.74 bits per heavy atom. The fourth-order valence-corrected chi connectivity index (χ4v) is 4.34. The third kappa shape index (κ3) is 3.50. The van der Waals surface area contributed by atoms with Gasteiger partial charge in [-0.05, 0) is 54.8 Å². The minimum Gasteiger partial charge on any atom is -0.454 e. The van der Waals surface area contributed by atoms with E-state index in [0.29, 0.717) is 42.3 Å². The van der Waals surface area contributed by atoms with Crippen molar-refractivity contribution >= 4 is 21.6 Å². The molecule has 0 fully saturated rings. The van der Waals surface area contributed by atoms with E-state index in [2.05, 4.69) is 5.32 Å². The van der Waals surface area contributed by atoms with Gasteiger partial charge in [0.25, 0.3) is 5.91 Å². The highest BCUT2D eigenvalue weighted by Crippen LogP contribution is 2.33. The van der Waals surface area contributed by atoms with Gasteiger partial charge in [-0.25, -0.2) is 8.42 Å². The lowest BCUT2D eigenvalue weighted by Crippen LogP contribution is -2.36. The van der Waals surface area contributed by atoms with E-state index < -0.39 is 10.0 Å². The highest BCUT2D eigenvalue weighted by atomic mass is 32.2. The van der Waals surface area contributed by atoms with Crippen LogP contribution >= 0.6 is 0 Å². The molecule has 4 rings (SSSR count). The first kappa shape index (κ1) is 17.8. The zero-order valence-electron chi connectivity index (χ0n) is 14.9. The van der Waals surface area contributed by atoms with Crippen LogP contribution in [0.3, 0.4) is 0 Å². The van der Waals surface area contributed by atoms with E-state index in [9.17, 15) is 13.2 Å². The van der Waals surface area contributed by atoms with Gasteiger partial charge in [0.15, 0.2) is 11.5 Å². The summed E-state index contributed by atoms with van der Waals surface area (Å²) in [6, 6.07) is 10.7. The lowest BCUT2D eigenvalue weighted by atomic mass is 10.0. The van der Waals surface area contributed by atoms with Crippen LogP contribution in [0.4, 0.5) is 5.69 Å². The number of carbonyl (C=O) groups is 1. The summed E-state index contributed by atoms with van der Waals surface area (Å²) in [4.78, 5) is 12.5. The van der Waals surface area contributed by atoms with Gasteiger partial charge in [0.1, 0.15) is 0 Å². The smallest absolute Gasteiger partial charge is 0.255 e. The van der Waals surface area contributed by atoms with E-state index in [1.54, 1.807) is 25.1 Å². The van der Waals surface area contributed by atoms with Crippen molar-refractivity contribution in [1.29, 1.82) is 0 Å². The highest BCUT2D eigenvalue weighted by molar-refractivity contribution is 7.89. The second-order valence-electron chi connectivity index (χ2n) is 6.49. The number of hydrogen-bond acceptors (Lipinski definition) is 5. The molecular formula is C19H20N2O5S. The second kappa shape index (κ2) is 6.86. The Kier molecular flexibility index (Phi) is 4.53. The number of anilines is 1. The average molecular weight is 388 g/mol. The molecule has 0 unspecified atom stereocenters. The Bertz CT molecular complexity index is 1000. The van der Waals surface area contributed by atoms with Crippen LogP contribution in [0.5, 0.6) is 11.5 Å². The van der Waals surface area contributed by atoms with Crippen molar-refractivity contribution in [1.82, 2.24) is 4.31 Å². The summed E-state index contributed by atoms with van der Waals surface area (Å²) >= 11 is 0. The molecule has 0 saturated carbocycles. The molecule has 8 heteroatoms. The number of amides is 1. The predicted octanol–water partition coefficient (Wildman–Crippen LogP) is 2.38. The molecular weight excluding hydrogens is 368 g/mol. The molecule has 0 aliphatic carbocycles. The van der Waals surface area contributed by atoms with Crippen LogP contribution in [0, 0.1) is 0 Å². The summed E-state index contributed by atoms with van der Waals surface area (Å²) < 4.78 is 36.3. The van der Waals surface area contributed by atoms with E-state index in [0.717, 1.165) is 11.1 Å². The predicted molar refractivity (Wildman–Crippen MR) is 101 cm³/mol. The maximum Gasteiger partial charge on any atom is 0.255 e. The lowest BCUT2D eigenvalue weighted by molar-refractivity contribution is 0.102. The van der Waals surface area contributed by atoms with Crippen molar-refractivity contribution in [2.24, 2.45) is 0 Å². The molecule has 7 nitrogen and oxygen atoms in total. The van der Waals surface area contributed by atoms with Gasteiger partial charge in [0.2, 0.25) is 16.8 Å². The molecule has 2 aliphatic heterocycles. The van der Waals surface area contributed by atoms with E-state index in [1.807, 2.05) is 18.2 Å². The number of benzene rings is 2. The molecule has 2 aromatic rings. The standard InChI is InChI=1S/C19H20N2O5S/c1-2-27(23,24)21-8-7-13-3-5-16(9-15(13)11-21)20-19(22)14-4-6-17-18(10-14)26-12-25-17/h3-6,9-10H,2,7-8,11-12H2,1H3,(H,20,22). The van der Waals surface area contributed by atoms with Gasteiger partial charge in [0.05, 0.1) is 5.75 Å². The topological polar surface area (TPSA) is 84.9 Å². The summed E-state index contributed by atoms with van der Waals surface area (Å²) in [6.45, 7) is 2.63. The van der Waals surface area contributed by atoms with Gasteiger partial charge in [-0.3, -0.25) is 4.79 Å². The molecule has 2 heterocycles. The van der Waals surface area contributed by atoms with Crippen LogP contribution in [0.15, 0.2) is 36.4 Å². The van der Waals surface area contributed by atoms with E-state index in [4.69, 9.17) is 9.47 Å². The molecule has 0 saturated heterocycles. The van der Waals surface area contributed by atoms with Crippen LogP contribution in [0.25, 0.3) is 0 Å². The van der Waals surface area contributed by atoms with Gasteiger partial charge < -0.3 is 14.8 Å². The van der Waals surface area contributed by atoms with Crippen LogP contribution in [0.2, 0.25) is 0 Å². The molecule has 0 spiro atoms. The molecule has 0 radical (unpaired) electrons. The molecule has 142 valence electrons. The third-order valence-corrected chi connectivity index (χ3v) is 6.66. The number of rotatable bonds is 4. The van der Waals surface area contributed by atoms with Crippen LogP contribution in [-0.2, 0) is 23.0 Å². The molecule has 2 aliphatic rings. The Morgan fingerprint density at radius 1 is 1.11 bits per heavy atom. The molecule has 0 bridgehead atoms. The first-order chi connectivity index (χ1) is 13.0. The molecule has 2 aromatic carbocycles. The number of sulfonamides is 1. The van der Waals surface area contributed by atoms with Gasteiger partial charge in [-0.2, -0.15) is 4.31 Å². The average Bonchev–Trinajstić information content (AvgIpc) is 3.15. The number of fused-ring (bicyclic) bond motifs is 2. The summed E-state index contributed by atoms with van der Waals surface area (Å²) in [5, 5.41) is 2.86. The van der Waals surface area contributed by atoms with Crippen LogP contribution < -0.4 is 14.8 Å². The molecule has 0 aromatic heterocycles. The van der Waals surface area contributed by atoms with E-state index in [-0.39, 0.29) is 18.5 Å². The Hall–Kier alpha value is -2.58. The van der Waals surface area contributed by atoms with Crippen molar-refractivity contribution in [3.8, 4) is 11.5 Å². The largest absolute Gasteiger partial charge is 0.454 e. The molecule has 1 N–H and O–H groups in total. The van der Waals surface area contributed by atoms with Gasteiger partial charge >= 0.3 is 0 Å². The number of nitrogens with one attached hydrogen (secondary N) is 1. The molecule has 1 amide bonds. The van der Waals surface area contributed by atoms with Crippen molar-refractivity contribution in [2.45, 2.75) is 19.9 Å². The number of carbonyl (C=O) groups excluding carboxylic acids is 1. The lowest BCUT2D eigenvalue weighted by Gasteiger charge is -2.28. The summed E-state index contributed by atoms with van der Waals surface area (Å²) in [5.41, 5.74) is 3.12. The summed E-state index contributed by atoms with van der Waals surface area (Å²) in [5.74, 6) is 0.997. The monoisotopic (exact) mass is 388 g/mol. The minimum atomic E-state index is -3.23. The first-order valence-corrected chi connectivity index (χ1v) is 10.4. The van der Waals surface area contributed by atoms with E-state index >= 15 is 0 Å².